The van der Waals surface area contributed by atoms with Gasteiger partial charge in [-0.05, 0) is 20.8 Å². The lowest BCUT2D eigenvalue weighted by atomic mass is 10.4. The zero-order chi connectivity index (χ0) is 15.5. The predicted octanol–water partition coefficient (Wildman–Crippen LogP) is -0.0279. The lowest BCUT2D eigenvalue weighted by Crippen LogP contribution is -2.20. The maximum atomic E-state index is 9.60. The van der Waals surface area contributed by atoms with E-state index in [1.807, 2.05) is 0 Å². The first-order valence-electron chi connectivity index (χ1n) is 4.75. The molecule has 106 valence electrons. The average molecular weight is 264 g/mol. The fraction of sp³-hybridized carbons (Fsp3) is 0.455. The Labute approximate surface area is 105 Å². The summed E-state index contributed by atoms with van der Waals surface area (Å²) in [4.78, 5) is 19.2. The Hall–Kier alpha value is -1.70. The number of hydrogen-bond donors (Lipinski definition) is 5. The maximum Gasteiger partial charge on any atom is 0.330 e. The van der Waals surface area contributed by atoms with Crippen molar-refractivity contribution in [2.75, 3.05) is 0 Å². The van der Waals surface area contributed by atoms with E-state index >= 15 is 0 Å². The molecule has 0 rings (SSSR count). The van der Waals surface area contributed by atoms with Gasteiger partial charge < -0.3 is 25.5 Å². The van der Waals surface area contributed by atoms with Crippen LogP contribution in [0, 0.1) is 0 Å². The summed E-state index contributed by atoms with van der Waals surface area (Å²) < 4.78 is 0. The largest absolute Gasteiger partial charge is 0.478 e. The molecule has 7 nitrogen and oxygen atoms in total. The summed E-state index contributed by atoms with van der Waals surface area (Å²) >= 11 is 0. The van der Waals surface area contributed by atoms with Crippen molar-refractivity contribution < 1.29 is 35.1 Å². The number of aliphatic carboxylic acids is 2. The highest BCUT2D eigenvalue weighted by Gasteiger charge is 2.02. The van der Waals surface area contributed by atoms with Crippen LogP contribution in [0.3, 0.4) is 0 Å². The van der Waals surface area contributed by atoms with Gasteiger partial charge in [-0.15, -0.1) is 0 Å². The molecule has 0 saturated carbocycles. The monoisotopic (exact) mass is 264 g/mol. The standard InChI is InChI=1S/2C4H6O2.C3H8O3/c2*1-3(2)4(5)6;1-2(4)3(5)6/h2*1H2,2H3,(H,5,6);2-6H,1H3. The summed E-state index contributed by atoms with van der Waals surface area (Å²) in [5, 5.41) is 39.8. The highest BCUT2D eigenvalue weighted by atomic mass is 16.5. The molecule has 0 aliphatic rings. The van der Waals surface area contributed by atoms with E-state index in [4.69, 9.17) is 25.5 Å². The van der Waals surface area contributed by atoms with Crippen molar-refractivity contribution in [3.05, 3.63) is 24.3 Å². The van der Waals surface area contributed by atoms with Crippen molar-refractivity contribution in [1.29, 1.82) is 0 Å². The first kappa shape index (κ1) is 21.6. The quantitative estimate of drug-likeness (QED) is 0.357. The van der Waals surface area contributed by atoms with E-state index in [1.54, 1.807) is 0 Å². The number of carbonyl (C=O) groups is 2. The zero-order valence-corrected chi connectivity index (χ0v) is 10.6. The number of aliphatic hydroxyl groups excluding tert-OH is 2. The van der Waals surface area contributed by atoms with Gasteiger partial charge in [-0.1, -0.05) is 13.2 Å². The van der Waals surface area contributed by atoms with Crippen LogP contribution in [0.15, 0.2) is 24.3 Å². The van der Waals surface area contributed by atoms with Crippen LogP contribution < -0.4 is 0 Å². The fourth-order valence-corrected chi connectivity index (χ4v) is 0. The van der Waals surface area contributed by atoms with Gasteiger partial charge in [-0.25, -0.2) is 9.59 Å². The fourth-order valence-electron chi connectivity index (χ4n) is 0. The van der Waals surface area contributed by atoms with Crippen molar-refractivity contribution in [3.63, 3.8) is 0 Å². The van der Waals surface area contributed by atoms with Crippen molar-refractivity contribution in [2.24, 2.45) is 0 Å². The summed E-state index contributed by atoms with van der Waals surface area (Å²) in [5.41, 5.74) is 0.352. The molecule has 18 heavy (non-hydrogen) atoms. The molecule has 0 radical (unpaired) electrons. The smallest absolute Gasteiger partial charge is 0.330 e. The molecule has 0 aromatic rings. The highest BCUT2D eigenvalue weighted by Crippen LogP contribution is 1.82. The van der Waals surface area contributed by atoms with Crippen molar-refractivity contribution in [1.82, 2.24) is 0 Å². The van der Waals surface area contributed by atoms with Crippen LogP contribution in [-0.4, -0.2) is 49.9 Å². The third kappa shape index (κ3) is 23.8. The highest BCUT2D eigenvalue weighted by molar-refractivity contribution is 5.85. The average Bonchev–Trinajstić information content (AvgIpc) is 2.18. The predicted molar refractivity (Wildman–Crippen MR) is 64.8 cm³/mol. The molecular weight excluding hydrogens is 244 g/mol. The molecule has 0 aromatic carbocycles. The number of carboxylic acids is 2. The van der Waals surface area contributed by atoms with Gasteiger partial charge >= 0.3 is 11.9 Å². The Morgan fingerprint density at radius 2 is 1.00 bits per heavy atom. The van der Waals surface area contributed by atoms with Crippen LogP contribution in [0.1, 0.15) is 20.8 Å². The first-order valence-corrected chi connectivity index (χ1v) is 4.75. The topological polar surface area (TPSA) is 135 Å². The van der Waals surface area contributed by atoms with Crippen LogP contribution in [-0.2, 0) is 9.59 Å². The van der Waals surface area contributed by atoms with Crippen LogP contribution in [0.2, 0.25) is 0 Å². The van der Waals surface area contributed by atoms with Crippen LogP contribution in [0.4, 0.5) is 0 Å². The summed E-state index contributed by atoms with van der Waals surface area (Å²) in [6.07, 6.45) is -2.63. The molecule has 1 atom stereocenters. The summed E-state index contributed by atoms with van der Waals surface area (Å²) in [5.74, 6) is -1.87. The zero-order valence-electron chi connectivity index (χ0n) is 10.6. The molecule has 0 aliphatic heterocycles. The minimum Gasteiger partial charge on any atom is -0.478 e. The Balaban J connectivity index is -0.000000187. The van der Waals surface area contributed by atoms with Crippen LogP contribution in [0.5, 0.6) is 0 Å². The SMILES string of the molecule is C=C(C)C(=O)O.C=C(C)C(=O)O.CC(O)C(O)O. The second-order valence-corrected chi connectivity index (χ2v) is 3.33. The molecule has 1 unspecified atom stereocenters. The van der Waals surface area contributed by atoms with Gasteiger partial charge in [-0.3, -0.25) is 0 Å². The van der Waals surface area contributed by atoms with Gasteiger partial charge in [0.2, 0.25) is 0 Å². The minimum atomic E-state index is -1.59. The Morgan fingerprint density at radius 3 is 1.00 bits per heavy atom. The van der Waals surface area contributed by atoms with Gasteiger partial charge in [0.1, 0.15) is 6.10 Å². The van der Waals surface area contributed by atoms with Crippen molar-refractivity contribution >= 4 is 11.9 Å². The van der Waals surface area contributed by atoms with Crippen LogP contribution >= 0.6 is 0 Å². The van der Waals surface area contributed by atoms with E-state index in [0.29, 0.717) is 0 Å². The second-order valence-electron chi connectivity index (χ2n) is 3.33. The normalized spacial score (nSPS) is 10.2. The molecule has 0 aromatic heterocycles. The second kappa shape index (κ2) is 11.8. The van der Waals surface area contributed by atoms with E-state index in [1.165, 1.54) is 20.8 Å². The molecule has 7 heteroatoms. The lowest BCUT2D eigenvalue weighted by Gasteiger charge is -2.02. The van der Waals surface area contributed by atoms with E-state index < -0.39 is 24.3 Å². The first-order chi connectivity index (χ1) is 7.93. The lowest BCUT2D eigenvalue weighted by molar-refractivity contribution is -0.133. The molecule has 0 amide bonds. The van der Waals surface area contributed by atoms with E-state index in [0.717, 1.165) is 0 Å². The van der Waals surface area contributed by atoms with Gasteiger partial charge in [0.15, 0.2) is 6.29 Å². The van der Waals surface area contributed by atoms with E-state index in [9.17, 15) is 9.59 Å². The number of hydrogen-bond acceptors (Lipinski definition) is 5. The Bertz CT molecular complexity index is 238. The summed E-state index contributed by atoms with van der Waals surface area (Å²) in [6.45, 7) is 10.5. The Kier molecular flexibility index (Phi) is 14.1. The molecular formula is C11H20O7. The Morgan fingerprint density at radius 1 is 0.889 bits per heavy atom. The molecule has 0 spiro atoms. The van der Waals surface area contributed by atoms with Gasteiger partial charge in [-0.2, -0.15) is 0 Å². The van der Waals surface area contributed by atoms with Gasteiger partial charge in [0.25, 0.3) is 0 Å². The molecule has 0 fully saturated rings. The van der Waals surface area contributed by atoms with E-state index in [2.05, 4.69) is 13.2 Å². The number of rotatable bonds is 3. The van der Waals surface area contributed by atoms with E-state index in [-0.39, 0.29) is 11.1 Å². The molecule has 0 saturated heterocycles. The minimum absolute atomic E-state index is 0.176. The maximum absolute atomic E-state index is 9.60. The van der Waals surface area contributed by atoms with Crippen molar-refractivity contribution in [3.8, 4) is 0 Å². The third-order valence-electron chi connectivity index (χ3n) is 1.16. The van der Waals surface area contributed by atoms with Gasteiger partial charge in [0, 0.05) is 11.1 Å². The third-order valence-corrected chi connectivity index (χ3v) is 1.16. The number of aliphatic hydroxyl groups is 3. The van der Waals surface area contributed by atoms with Crippen molar-refractivity contribution in [2.45, 2.75) is 33.2 Å². The molecule has 0 heterocycles. The summed E-state index contributed by atoms with van der Waals surface area (Å²) in [6, 6.07) is 0. The molecule has 5 N–H and O–H groups in total. The van der Waals surface area contributed by atoms with Crippen LogP contribution in [0.25, 0.3) is 0 Å². The molecule has 0 bridgehead atoms. The summed E-state index contributed by atoms with van der Waals surface area (Å²) in [7, 11) is 0. The molecule has 0 aliphatic carbocycles. The number of carboxylic acid groups (broad SMARTS) is 2. The van der Waals surface area contributed by atoms with Gasteiger partial charge in [0.05, 0.1) is 0 Å².